The van der Waals surface area contributed by atoms with Gasteiger partial charge in [-0.3, -0.25) is 4.79 Å². The lowest BCUT2D eigenvalue weighted by molar-refractivity contribution is -0.126. The van der Waals surface area contributed by atoms with Crippen LogP contribution in [0.3, 0.4) is 0 Å². The Bertz CT molecular complexity index is 1060. The second kappa shape index (κ2) is 7.50. The summed E-state index contributed by atoms with van der Waals surface area (Å²) in [5.41, 5.74) is 3.45. The number of morpholine rings is 1. The van der Waals surface area contributed by atoms with Crippen LogP contribution in [0.1, 0.15) is 29.8 Å². The van der Waals surface area contributed by atoms with Gasteiger partial charge in [-0.25, -0.2) is 4.79 Å². The van der Waals surface area contributed by atoms with Gasteiger partial charge in [0.1, 0.15) is 5.41 Å². The van der Waals surface area contributed by atoms with E-state index in [4.69, 9.17) is 14.6 Å². The quantitative estimate of drug-likeness (QED) is 0.715. The highest BCUT2D eigenvalue weighted by Crippen LogP contribution is 2.47. The van der Waals surface area contributed by atoms with E-state index in [1.165, 1.54) is 10.7 Å². The van der Waals surface area contributed by atoms with Crippen LogP contribution in [-0.4, -0.2) is 50.0 Å². The highest BCUT2D eigenvalue weighted by molar-refractivity contribution is 6.20. The van der Waals surface area contributed by atoms with E-state index in [0.717, 1.165) is 17.8 Å². The van der Waals surface area contributed by atoms with Crippen molar-refractivity contribution in [1.82, 2.24) is 0 Å². The molecule has 0 bridgehead atoms. The molecule has 1 fully saturated rings. The number of ether oxygens (including phenoxy) is 2. The number of para-hydroxylation sites is 1. The van der Waals surface area contributed by atoms with Crippen molar-refractivity contribution >= 4 is 29.0 Å². The van der Waals surface area contributed by atoms with Crippen LogP contribution in [-0.2, 0) is 20.7 Å². The molecule has 7 nitrogen and oxygen atoms in total. The molecule has 0 saturated carbocycles. The number of esters is 1. The number of anilines is 2. The molecule has 1 amide bonds. The molecule has 31 heavy (non-hydrogen) atoms. The van der Waals surface area contributed by atoms with Gasteiger partial charge < -0.3 is 14.4 Å². The fourth-order valence-electron chi connectivity index (χ4n) is 5.00. The highest BCUT2D eigenvalue weighted by atomic mass is 16.5. The first-order valence-electron chi connectivity index (χ1n) is 10.7. The Morgan fingerprint density at radius 2 is 2.00 bits per heavy atom. The minimum atomic E-state index is -0.769. The number of hydrogen-bond acceptors (Lipinski definition) is 6. The molecule has 3 heterocycles. The Labute approximate surface area is 181 Å². The first kappa shape index (κ1) is 19.8. The zero-order valence-corrected chi connectivity index (χ0v) is 17.7. The van der Waals surface area contributed by atoms with Gasteiger partial charge in [-0.1, -0.05) is 18.2 Å². The van der Waals surface area contributed by atoms with E-state index >= 15 is 0 Å². The number of rotatable bonds is 3. The maximum absolute atomic E-state index is 13.9. The van der Waals surface area contributed by atoms with Crippen molar-refractivity contribution in [2.24, 2.45) is 10.5 Å². The van der Waals surface area contributed by atoms with E-state index in [9.17, 15) is 9.59 Å². The number of hydrazone groups is 1. The van der Waals surface area contributed by atoms with Gasteiger partial charge in [0.05, 0.1) is 42.8 Å². The van der Waals surface area contributed by atoms with Crippen molar-refractivity contribution < 1.29 is 19.1 Å². The second-order valence-corrected chi connectivity index (χ2v) is 8.13. The number of nitrogens with zero attached hydrogens (tertiary/aromatic N) is 3. The standard InChI is InChI=1S/C24H25N3O4/c1-3-31-22(28)17-8-10-19(11-9-17)27-23(29)24(16(2)25-27)14-18-6-4-5-7-20(18)26-12-13-30-15-21(24)26/h4-11,21H,3,12-15H2,1-2H3/t21-,24-/m0/s1. The Balaban J connectivity index is 1.51. The van der Waals surface area contributed by atoms with Gasteiger partial charge in [-0.05, 0) is 56.2 Å². The van der Waals surface area contributed by atoms with E-state index in [1.807, 2.05) is 19.1 Å². The predicted molar refractivity (Wildman–Crippen MR) is 118 cm³/mol. The summed E-state index contributed by atoms with van der Waals surface area (Å²) in [6.07, 6.45) is 0.597. The number of benzene rings is 2. The van der Waals surface area contributed by atoms with Crippen LogP contribution >= 0.6 is 0 Å². The van der Waals surface area contributed by atoms with Crippen molar-refractivity contribution in [1.29, 1.82) is 0 Å². The van der Waals surface area contributed by atoms with Gasteiger partial charge in [0.15, 0.2) is 0 Å². The first-order valence-corrected chi connectivity index (χ1v) is 10.7. The van der Waals surface area contributed by atoms with E-state index in [0.29, 0.717) is 37.5 Å². The molecule has 0 aromatic heterocycles. The molecular weight excluding hydrogens is 394 g/mol. The Morgan fingerprint density at radius 3 is 2.77 bits per heavy atom. The molecule has 7 heteroatoms. The summed E-state index contributed by atoms with van der Waals surface area (Å²) in [6, 6.07) is 15.0. The maximum atomic E-state index is 13.9. The zero-order valence-electron chi connectivity index (χ0n) is 17.7. The first-order chi connectivity index (χ1) is 15.1. The molecule has 1 saturated heterocycles. The van der Waals surface area contributed by atoms with E-state index in [-0.39, 0.29) is 17.9 Å². The van der Waals surface area contributed by atoms with Crippen LogP contribution in [0.4, 0.5) is 11.4 Å². The van der Waals surface area contributed by atoms with E-state index < -0.39 is 5.41 Å². The molecule has 3 aliphatic rings. The molecule has 1 spiro atoms. The highest BCUT2D eigenvalue weighted by Gasteiger charge is 2.59. The Hall–Kier alpha value is -3.19. The third-order valence-electron chi connectivity index (χ3n) is 6.56. The van der Waals surface area contributed by atoms with Crippen molar-refractivity contribution in [2.45, 2.75) is 26.3 Å². The number of hydrogen-bond donors (Lipinski definition) is 0. The average molecular weight is 419 g/mol. The molecule has 0 N–H and O–H groups in total. The lowest BCUT2D eigenvalue weighted by atomic mass is 9.68. The third-order valence-corrected chi connectivity index (χ3v) is 6.56. The van der Waals surface area contributed by atoms with Crippen LogP contribution in [0.2, 0.25) is 0 Å². The minimum absolute atomic E-state index is 0.0520. The summed E-state index contributed by atoms with van der Waals surface area (Å²) in [6.45, 7) is 5.90. The lowest BCUT2D eigenvalue weighted by Crippen LogP contribution is -2.64. The fourth-order valence-corrected chi connectivity index (χ4v) is 5.00. The van der Waals surface area contributed by atoms with E-state index in [1.54, 1.807) is 31.2 Å². The van der Waals surface area contributed by atoms with Crippen molar-refractivity contribution in [3.63, 3.8) is 0 Å². The summed E-state index contributed by atoms with van der Waals surface area (Å²) in [7, 11) is 0. The lowest BCUT2D eigenvalue weighted by Gasteiger charge is -2.50. The predicted octanol–water partition coefficient (Wildman–Crippen LogP) is 3.03. The largest absolute Gasteiger partial charge is 0.462 e. The topological polar surface area (TPSA) is 71.4 Å². The zero-order chi connectivity index (χ0) is 21.6. The molecule has 0 radical (unpaired) electrons. The molecule has 2 atom stereocenters. The van der Waals surface area contributed by atoms with Crippen LogP contribution in [0.15, 0.2) is 53.6 Å². The molecule has 2 aromatic rings. The second-order valence-electron chi connectivity index (χ2n) is 8.13. The molecule has 0 unspecified atom stereocenters. The van der Waals surface area contributed by atoms with Crippen molar-refractivity contribution in [3.05, 3.63) is 59.7 Å². The summed E-state index contributed by atoms with van der Waals surface area (Å²) in [4.78, 5) is 28.2. The SMILES string of the molecule is CCOC(=O)c1ccc(N2N=C(C)[C@]3(Cc4ccccc4N4CCOC[C@H]43)C2=O)cc1. The van der Waals surface area contributed by atoms with Gasteiger partial charge in [-0.2, -0.15) is 10.1 Å². The Kier molecular flexibility index (Phi) is 4.78. The van der Waals surface area contributed by atoms with Crippen molar-refractivity contribution in [2.75, 3.05) is 36.3 Å². The minimum Gasteiger partial charge on any atom is -0.462 e. The van der Waals surface area contributed by atoms with E-state index in [2.05, 4.69) is 17.0 Å². The van der Waals surface area contributed by atoms with Gasteiger partial charge in [0.25, 0.3) is 5.91 Å². The van der Waals surface area contributed by atoms with Crippen LogP contribution in [0.5, 0.6) is 0 Å². The third kappa shape index (κ3) is 2.95. The number of fused-ring (bicyclic) bond motifs is 4. The van der Waals surface area contributed by atoms with Gasteiger partial charge >= 0.3 is 5.97 Å². The summed E-state index contributed by atoms with van der Waals surface area (Å²) in [5, 5.41) is 6.17. The van der Waals surface area contributed by atoms with Crippen molar-refractivity contribution in [3.8, 4) is 0 Å². The molecule has 160 valence electrons. The molecular formula is C24H25N3O4. The average Bonchev–Trinajstić information content (AvgIpc) is 3.05. The monoisotopic (exact) mass is 419 g/mol. The normalized spacial score (nSPS) is 24.6. The summed E-state index contributed by atoms with van der Waals surface area (Å²) in [5.74, 6) is -0.430. The number of carbonyl (C=O) groups excluding carboxylic acids is 2. The maximum Gasteiger partial charge on any atom is 0.338 e. The number of carbonyl (C=O) groups is 2. The van der Waals surface area contributed by atoms with Crippen LogP contribution in [0.25, 0.3) is 0 Å². The van der Waals surface area contributed by atoms with Gasteiger partial charge in [0.2, 0.25) is 0 Å². The Morgan fingerprint density at radius 1 is 1.23 bits per heavy atom. The van der Waals surface area contributed by atoms with Crippen LogP contribution in [0, 0.1) is 5.41 Å². The molecule has 3 aliphatic heterocycles. The summed E-state index contributed by atoms with van der Waals surface area (Å²) < 4.78 is 10.9. The fraction of sp³-hybridized carbons (Fsp3) is 0.375. The molecule has 5 rings (SSSR count). The summed E-state index contributed by atoms with van der Waals surface area (Å²) >= 11 is 0. The van der Waals surface area contributed by atoms with Gasteiger partial charge in [0, 0.05) is 12.2 Å². The molecule has 2 aromatic carbocycles. The number of amides is 1. The van der Waals surface area contributed by atoms with Crippen LogP contribution < -0.4 is 9.91 Å². The van der Waals surface area contributed by atoms with Gasteiger partial charge in [-0.15, -0.1) is 0 Å². The smallest absolute Gasteiger partial charge is 0.338 e. The molecule has 0 aliphatic carbocycles.